The van der Waals surface area contributed by atoms with Crippen LogP contribution in [0.1, 0.15) is 18.4 Å². The lowest BCUT2D eigenvalue weighted by molar-refractivity contribution is -0.134. The molecule has 2 amide bonds. The molecule has 1 heterocycles. The van der Waals surface area contributed by atoms with Gasteiger partial charge in [0, 0.05) is 24.2 Å². The minimum Gasteiger partial charge on any atom is -0.483 e. The molecule has 0 aliphatic carbocycles. The predicted octanol–water partition coefficient (Wildman–Crippen LogP) is 2.32. The molecule has 1 fully saturated rings. The molecule has 0 aromatic heterocycles. The van der Waals surface area contributed by atoms with Crippen molar-refractivity contribution >= 4 is 23.4 Å². The van der Waals surface area contributed by atoms with Crippen molar-refractivity contribution in [2.24, 2.45) is 0 Å². The van der Waals surface area contributed by atoms with Crippen molar-refractivity contribution < 1.29 is 14.3 Å². The van der Waals surface area contributed by atoms with Crippen LogP contribution in [-0.2, 0) is 9.59 Å². The van der Waals surface area contributed by atoms with Crippen molar-refractivity contribution in [3.05, 3.63) is 41.4 Å². The van der Waals surface area contributed by atoms with Crippen LogP contribution in [0.2, 0.25) is 5.02 Å². The van der Waals surface area contributed by atoms with Gasteiger partial charge in [-0.25, -0.2) is 0 Å². The molecule has 2 rings (SSSR count). The number of nitrogens with zero attached hydrogens (tertiary/aromatic N) is 1. The Morgan fingerprint density at radius 3 is 2.74 bits per heavy atom. The average molecular weight is 337 g/mol. The van der Waals surface area contributed by atoms with Crippen molar-refractivity contribution in [3.8, 4) is 5.75 Å². The summed E-state index contributed by atoms with van der Waals surface area (Å²) >= 11 is 5.89. The van der Waals surface area contributed by atoms with E-state index in [1.807, 2.05) is 6.92 Å². The molecular formula is C17H21ClN2O3. The van der Waals surface area contributed by atoms with Gasteiger partial charge in [0.25, 0.3) is 5.91 Å². The molecule has 0 unspecified atom stereocenters. The van der Waals surface area contributed by atoms with Gasteiger partial charge in [-0.05, 0) is 49.6 Å². The molecule has 5 nitrogen and oxygen atoms in total. The molecule has 1 aromatic rings. The molecule has 0 atom stereocenters. The summed E-state index contributed by atoms with van der Waals surface area (Å²) < 4.78 is 5.58. The maximum absolute atomic E-state index is 12.2. The van der Waals surface area contributed by atoms with Crippen molar-refractivity contribution in [2.45, 2.75) is 25.8 Å². The zero-order valence-electron chi connectivity index (χ0n) is 13.2. The van der Waals surface area contributed by atoms with Crippen molar-refractivity contribution in [2.75, 3.05) is 19.7 Å². The number of hydrogen-bond donors (Lipinski definition) is 1. The van der Waals surface area contributed by atoms with Gasteiger partial charge in [-0.2, -0.15) is 0 Å². The molecule has 23 heavy (non-hydrogen) atoms. The summed E-state index contributed by atoms with van der Waals surface area (Å²) in [6, 6.07) is 5.41. The number of carbonyl (C=O) groups is 2. The van der Waals surface area contributed by atoms with Gasteiger partial charge in [0.15, 0.2) is 6.61 Å². The molecule has 0 spiro atoms. The van der Waals surface area contributed by atoms with E-state index in [0.717, 1.165) is 18.4 Å². The quantitative estimate of drug-likeness (QED) is 0.839. The van der Waals surface area contributed by atoms with Crippen molar-refractivity contribution in [3.63, 3.8) is 0 Å². The van der Waals surface area contributed by atoms with Crippen molar-refractivity contribution in [1.82, 2.24) is 10.2 Å². The lowest BCUT2D eigenvalue weighted by atomic mass is 10.0. The number of rotatable bonds is 5. The molecular weight excluding hydrogens is 316 g/mol. The summed E-state index contributed by atoms with van der Waals surface area (Å²) in [6.45, 7) is 6.56. The summed E-state index contributed by atoms with van der Waals surface area (Å²) in [5.74, 6) is 0.444. The Hall–Kier alpha value is -2.01. The lowest BCUT2D eigenvalue weighted by Crippen LogP contribution is -2.47. The molecule has 124 valence electrons. The molecule has 0 bridgehead atoms. The maximum atomic E-state index is 12.2. The maximum Gasteiger partial charge on any atom is 0.260 e. The van der Waals surface area contributed by atoms with Crippen LogP contribution in [0.3, 0.4) is 0 Å². The Kier molecular flexibility index (Phi) is 6.04. The van der Waals surface area contributed by atoms with Gasteiger partial charge in [0.05, 0.1) is 0 Å². The summed E-state index contributed by atoms with van der Waals surface area (Å²) in [5.41, 5.74) is 0.899. The van der Waals surface area contributed by atoms with Crippen LogP contribution in [0.4, 0.5) is 0 Å². The fourth-order valence-corrected chi connectivity index (χ4v) is 2.77. The summed E-state index contributed by atoms with van der Waals surface area (Å²) in [5, 5.41) is 3.50. The summed E-state index contributed by atoms with van der Waals surface area (Å²) in [7, 11) is 0. The molecule has 0 radical (unpaired) electrons. The van der Waals surface area contributed by atoms with Crippen LogP contribution in [0, 0.1) is 6.92 Å². The Balaban J connectivity index is 1.79. The molecule has 1 aromatic carbocycles. The smallest absolute Gasteiger partial charge is 0.260 e. The minimum absolute atomic E-state index is 0.00611. The highest BCUT2D eigenvalue weighted by Crippen LogP contribution is 2.22. The molecule has 1 saturated heterocycles. The van der Waals surface area contributed by atoms with E-state index >= 15 is 0 Å². The van der Waals surface area contributed by atoms with Gasteiger partial charge in [-0.15, -0.1) is 0 Å². The van der Waals surface area contributed by atoms with Crippen LogP contribution in [0.15, 0.2) is 30.9 Å². The highest BCUT2D eigenvalue weighted by atomic mass is 35.5. The van der Waals surface area contributed by atoms with Gasteiger partial charge in [-0.3, -0.25) is 9.59 Å². The summed E-state index contributed by atoms with van der Waals surface area (Å²) in [4.78, 5) is 25.2. The van der Waals surface area contributed by atoms with E-state index in [1.54, 1.807) is 23.1 Å². The number of aryl methyl sites for hydroxylation is 1. The van der Waals surface area contributed by atoms with E-state index in [1.165, 1.54) is 6.08 Å². The monoisotopic (exact) mass is 336 g/mol. The zero-order valence-corrected chi connectivity index (χ0v) is 13.9. The third kappa shape index (κ3) is 4.99. The second-order valence-electron chi connectivity index (χ2n) is 5.57. The Labute approximate surface area is 141 Å². The van der Waals surface area contributed by atoms with Crippen LogP contribution in [-0.4, -0.2) is 42.5 Å². The number of carbonyl (C=O) groups excluding carboxylic acids is 2. The number of likely N-dealkylation sites (tertiary alicyclic amines) is 1. The number of ether oxygens (including phenoxy) is 1. The number of amides is 2. The second kappa shape index (κ2) is 8.02. The number of nitrogens with one attached hydrogen (secondary N) is 1. The van der Waals surface area contributed by atoms with Crippen LogP contribution >= 0.6 is 11.6 Å². The van der Waals surface area contributed by atoms with E-state index in [-0.39, 0.29) is 24.5 Å². The third-order valence-corrected chi connectivity index (χ3v) is 4.10. The first-order valence-corrected chi connectivity index (χ1v) is 7.97. The van der Waals surface area contributed by atoms with Gasteiger partial charge in [-0.1, -0.05) is 18.2 Å². The molecule has 6 heteroatoms. The highest BCUT2D eigenvalue weighted by Gasteiger charge is 2.23. The second-order valence-corrected chi connectivity index (χ2v) is 6.00. The number of benzene rings is 1. The first-order valence-electron chi connectivity index (χ1n) is 7.59. The zero-order chi connectivity index (χ0) is 16.8. The van der Waals surface area contributed by atoms with E-state index in [9.17, 15) is 9.59 Å². The Bertz CT molecular complexity index is 596. The molecule has 1 aliphatic rings. The molecule has 1 N–H and O–H groups in total. The largest absolute Gasteiger partial charge is 0.483 e. The van der Waals surface area contributed by atoms with Gasteiger partial charge in [0.2, 0.25) is 5.91 Å². The highest BCUT2D eigenvalue weighted by molar-refractivity contribution is 6.30. The number of hydrogen-bond acceptors (Lipinski definition) is 3. The fraction of sp³-hybridized carbons (Fsp3) is 0.412. The van der Waals surface area contributed by atoms with Gasteiger partial charge < -0.3 is 15.0 Å². The molecule has 0 saturated carbocycles. The van der Waals surface area contributed by atoms with Gasteiger partial charge in [0.1, 0.15) is 5.75 Å². The lowest BCUT2D eigenvalue weighted by Gasteiger charge is -2.32. The number of halogens is 1. The fourth-order valence-electron chi connectivity index (χ4n) is 2.54. The average Bonchev–Trinajstić information content (AvgIpc) is 2.54. The number of piperidine rings is 1. The van der Waals surface area contributed by atoms with E-state index in [2.05, 4.69) is 11.9 Å². The van der Waals surface area contributed by atoms with E-state index in [4.69, 9.17) is 16.3 Å². The molecule has 1 aliphatic heterocycles. The van der Waals surface area contributed by atoms with Crippen LogP contribution in [0.5, 0.6) is 5.75 Å². The van der Waals surface area contributed by atoms with Crippen molar-refractivity contribution in [1.29, 1.82) is 0 Å². The normalized spacial score (nSPS) is 15.1. The summed E-state index contributed by atoms with van der Waals surface area (Å²) in [6.07, 6.45) is 2.75. The Morgan fingerprint density at radius 1 is 1.43 bits per heavy atom. The Morgan fingerprint density at radius 2 is 2.13 bits per heavy atom. The van der Waals surface area contributed by atoms with Gasteiger partial charge >= 0.3 is 0 Å². The first kappa shape index (κ1) is 17.3. The van der Waals surface area contributed by atoms with E-state index in [0.29, 0.717) is 23.9 Å². The third-order valence-electron chi connectivity index (χ3n) is 3.87. The standard InChI is InChI=1S/C17H21ClN2O3/c1-3-16(21)19-14-6-8-20(9-7-14)17(22)11-23-15-5-4-13(18)10-12(15)2/h3-5,10,14H,1,6-9,11H2,2H3,(H,19,21). The van der Waals surface area contributed by atoms with Crippen LogP contribution < -0.4 is 10.1 Å². The van der Waals surface area contributed by atoms with Crippen LogP contribution in [0.25, 0.3) is 0 Å². The van der Waals surface area contributed by atoms with E-state index < -0.39 is 0 Å². The minimum atomic E-state index is -0.170. The predicted molar refractivity (Wildman–Crippen MR) is 89.6 cm³/mol. The first-order chi connectivity index (χ1) is 11.0. The topological polar surface area (TPSA) is 58.6 Å². The SMILES string of the molecule is C=CC(=O)NC1CCN(C(=O)COc2ccc(Cl)cc2C)CC1.